The van der Waals surface area contributed by atoms with E-state index < -0.39 is 24.0 Å². The number of benzene rings is 1. The van der Waals surface area contributed by atoms with E-state index in [1.807, 2.05) is 6.07 Å². The van der Waals surface area contributed by atoms with E-state index in [9.17, 15) is 14.4 Å². The van der Waals surface area contributed by atoms with Crippen molar-refractivity contribution in [2.45, 2.75) is 37.2 Å². The van der Waals surface area contributed by atoms with Gasteiger partial charge in [-0.15, -0.1) is 11.8 Å². The Morgan fingerprint density at radius 2 is 2.12 bits per heavy atom. The number of urea groups is 1. The first kappa shape index (κ1) is 16.8. The SMILES string of the molecule is CC(OC(=O)CSc1ccc2c(c1)CCC2)C(=O)N1CCNC1=O. The number of thioether (sulfide) groups is 1. The molecule has 128 valence electrons. The lowest BCUT2D eigenvalue weighted by Crippen LogP contribution is -2.42. The van der Waals surface area contributed by atoms with Gasteiger partial charge in [-0.3, -0.25) is 14.5 Å². The van der Waals surface area contributed by atoms with E-state index in [0.717, 1.165) is 22.6 Å². The zero-order valence-electron chi connectivity index (χ0n) is 13.5. The molecule has 1 N–H and O–H groups in total. The predicted molar refractivity (Wildman–Crippen MR) is 89.9 cm³/mol. The molecule has 1 aliphatic heterocycles. The third-order valence-electron chi connectivity index (χ3n) is 4.21. The molecule has 1 unspecified atom stereocenters. The van der Waals surface area contributed by atoms with E-state index in [4.69, 9.17) is 4.74 Å². The van der Waals surface area contributed by atoms with Gasteiger partial charge < -0.3 is 10.1 Å². The Labute approximate surface area is 144 Å². The molecule has 7 heteroatoms. The van der Waals surface area contributed by atoms with Gasteiger partial charge in [0.2, 0.25) is 0 Å². The minimum Gasteiger partial charge on any atom is -0.452 e. The summed E-state index contributed by atoms with van der Waals surface area (Å²) in [6, 6.07) is 5.83. The van der Waals surface area contributed by atoms with E-state index in [0.29, 0.717) is 13.1 Å². The Balaban J connectivity index is 1.48. The van der Waals surface area contributed by atoms with Crippen LogP contribution in [0.2, 0.25) is 0 Å². The van der Waals surface area contributed by atoms with Crippen LogP contribution in [-0.4, -0.2) is 47.8 Å². The Morgan fingerprint density at radius 1 is 1.33 bits per heavy atom. The third kappa shape index (κ3) is 3.72. The van der Waals surface area contributed by atoms with E-state index in [-0.39, 0.29) is 5.75 Å². The number of aryl methyl sites for hydroxylation is 2. The molecule has 3 amide bonds. The summed E-state index contributed by atoms with van der Waals surface area (Å²) in [6.07, 6.45) is 2.46. The van der Waals surface area contributed by atoms with Crippen LogP contribution in [0.5, 0.6) is 0 Å². The van der Waals surface area contributed by atoms with E-state index >= 15 is 0 Å². The molecule has 24 heavy (non-hydrogen) atoms. The molecular formula is C17H20N2O4S. The normalized spacial score (nSPS) is 17.4. The monoisotopic (exact) mass is 348 g/mol. The van der Waals surface area contributed by atoms with Gasteiger partial charge in [0.05, 0.1) is 5.75 Å². The van der Waals surface area contributed by atoms with Crippen LogP contribution in [-0.2, 0) is 27.2 Å². The second kappa shape index (κ2) is 7.25. The van der Waals surface area contributed by atoms with Gasteiger partial charge in [0, 0.05) is 18.0 Å². The van der Waals surface area contributed by atoms with Crippen molar-refractivity contribution in [1.29, 1.82) is 0 Å². The summed E-state index contributed by atoms with van der Waals surface area (Å²) in [5, 5.41) is 2.55. The number of carbonyl (C=O) groups is 3. The molecule has 1 aromatic carbocycles. The van der Waals surface area contributed by atoms with Crippen LogP contribution in [0.4, 0.5) is 4.79 Å². The standard InChI is InChI=1S/C17H20N2O4S/c1-11(16(21)19-8-7-18-17(19)22)23-15(20)10-24-14-6-5-12-3-2-4-13(12)9-14/h5-6,9,11H,2-4,7-8,10H2,1H3,(H,18,22). The van der Waals surface area contributed by atoms with Crippen molar-refractivity contribution in [3.05, 3.63) is 29.3 Å². The molecule has 6 nitrogen and oxygen atoms in total. The molecule has 1 aliphatic carbocycles. The molecule has 0 radical (unpaired) electrons. The highest BCUT2D eigenvalue weighted by atomic mass is 32.2. The second-order valence-electron chi connectivity index (χ2n) is 5.93. The summed E-state index contributed by atoms with van der Waals surface area (Å²) in [7, 11) is 0. The van der Waals surface area contributed by atoms with Crippen LogP contribution in [0.1, 0.15) is 24.5 Å². The molecule has 3 rings (SSSR count). The van der Waals surface area contributed by atoms with Crippen LogP contribution in [0, 0.1) is 0 Å². The van der Waals surface area contributed by atoms with Crippen molar-refractivity contribution in [2.24, 2.45) is 0 Å². The fourth-order valence-electron chi connectivity index (χ4n) is 2.96. The van der Waals surface area contributed by atoms with Gasteiger partial charge in [0.25, 0.3) is 5.91 Å². The van der Waals surface area contributed by atoms with Crippen LogP contribution in [0.15, 0.2) is 23.1 Å². The van der Waals surface area contributed by atoms with Crippen LogP contribution >= 0.6 is 11.8 Å². The Kier molecular flexibility index (Phi) is 5.08. The molecular weight excluding hydrogens is 328 g/mol. The maximum Gasteiger partial charge on any atom is 0.324 e. The molecule has 1 aromatic rings. The summed E-state index contributed by atoms with van der Waals surface area (Å²) < 4.78 is 5.16. The number of rotatable bonds is 5. The molecule has 1 atom stereocenters. The second-order valence-corrected chi connectivity index (χ2v) is 6.98. The first-order valence-electron chi connectivity index (χ1n) is 8.08. The van der Waals surface area contributed by atoms with Crippen molar-refractivity contribution in [2.75, 3.05) is 18.8 Å². The number of fused-ring (bicyclic) bond motifs is 1. The van der Waals surface area contributed by atoms with E-state index in [1.165, 1.54) is 36.2 Å². The number of hydrogen-bond acceptors (Lipinski definition) is 5. The summed E-state index contributed by atoms with van der Waals surface area (Å²) in [5.74, 6) is -0.801. The average Bonchev–Trinajstić information content (AvgIpc) is 3.20. The predicted octanol–water partition coefficient (Wildman–Crippen LogP) is 1.75. The molecule has 0 bridgehead atoms. The summed E-state index contributed by atoms with van der Waals surface area (Å²) in [5.41, 5.74) is 2.75. The van der Waals surface area contributed by atoms with Crippen molar-refractivity contribution in [1.82, 2.24) is 10.2 Å². The summed E-state index contributed by atoms with van der Waals surface area (Å²) in [6.45, 7) is 2.23. The molecule has 0 saturated carbocycles. The lowest BCUT2D eigenvalue weighted by atomic mass is 10.1. The number of imide groups is 1. The van der Waals surface area contributed by atoms with Gasteiger partial charge in [0.15, 0.2) is 6.10 Å². The fraction of sp³-hybridized carbons (Fsp3) is 0.471. The lowest BCUT2D eigenvalue weighted by molar-refractivity contribution is -0.155. The zero-order valence-corrected chi connectivity index (χ0v) is 14.4. The number of amides is 3. The van der Waals surface area contributed by atoms with E-state index in [1.54, 1.807) is 0 Å². The Bertz CT molecular complexity index is 677. The molecule has 0 spiro atoms. The van der Waals surface area contributed by atoms with Crippen molar-refractivity contribution < 1.29 is 19.1 Å². The molecule has 1 fully saturated rings. The number of carbonyl (C=O) groups excluding carboxylic acids is 3. The quantitative estimate of drug-likeness (QED) is 0.648. The molecule has 1 heterocycles. The largest absolute Gasteiger partial charge is 0.452 e. The van der Waals surface area contributed by atoms with Crippen molar-refractivity contribution in [3.63, 3.8) is 0 Å². The van der Waals surface area contributed by atoms with Gasteiger partial charge in [-0.25, -0.2) is 4.79 Å². The van der Waals surface area contributed by atoms with Crippen LogP contribution in [0.3, 0.4) is 0 Å². The lowest BCUT2D eigenvalue weighted by Gasteiger charge is -2.18. The Morgan fingerprint density at radius 3 is 2.88 bits per heavy atom. The molecule has 1 saturated heterocycles. The highest BCUT2D eigenvalue weighted by Gasteiger charge is 2.31. The van der Waals surface area contributed by atoms with Gasteiger partial charge in [0.1, 0.15) is 0 Å². The number of hydrogen-bond donors (Lipinski definition) is 1. The van der Waals surface area contributed by atoms with Crippen LogP contribution in [0.25, 0.3) is 0 Å². The van der Waals surface area contributed by atoms with Gasteiger partial charge in [-0.2, -0.15) is 0 Å². The number of nitrogens with zero attached hydrogens (tertiary/aromatic N) is 1. The topological polar surface area (TPSA) is 75.7 Å². The highest BCUT2D eigenvalue weighted by Crippen LogP contribution is 2.27. The first-order valence-corrected chi connectivity index (χ1v) is 9.06. The minimum atomic E-state index is -0.957. The van der Waals surface area contributed by atoms with Gasteiger partial charge in [-0.05, 0) is 49.4 Å². The average molecular weight is 348 g/mol. The summed E-state index contributed by atoms with van der Waals surface area (Å²) in [4.78, 5) is 37.6. The zero-order chi connectivity index (χ0) is 17.1. The minimum absolute atomic E-state index is 0.141. The third-order valence-corrected chi connectivity index (χ3v) is 5.17. The number of esters is 1. The fourth-order valence-corrected chi connectivity index (χ4v) is 3.71. The van der Waals surface area contributed by atoms with Gasteiger partial charge in [-0.1, -0.05) is 6.07 Å². The van der Waals surface area contributed by atoms with Crippen molar-refractivity contribution in [3.8, 4) is 0 Å². The van der Waals surface area contributed by atoms with Crippen LogP contribution < -0.4 is 5.32 Å². The van der Waals surface area contributed by atoms with E-state index in [2.05, 4.69) is 17.4 Å². The molecule has 2 aliphatic rings. The number of ether oxygens (including phenoxy) is 1. The van der Waals surface area contributed by atoms with Crippen molar-refractivity contribution >= 4 is 29.7 Å². The maximum absolute atomic E-state index is 12.1. The Hall–Kier alpha value is -2.02. The van der Waals surface area contributed by atoms with Gasteiger partial charge >= 0.3 is 12.0 Å². The maximum atomic E-state index is 12.1. The highest BCUT2D eigenvalue weighted by molar-refractivity contribution is 8.00. The first-order chi connectivity index (χ1) is 11.5. The number of nitrogens with one attached hydrogen (secondary N) is 1. The molecule has 0 aromatic heterocycles. The summed E-state index contributed by atoms with van der Waals surface area (Å²) >= 11 is 1.40. The smallest absolute Gasteiger partial charge is 0.324 e.